The van der Waals surface area contributed by atoms with Crippen molar-refractivity contribution in [3.05, 3.63) is 70.0 Å². The number of benzene rings is 2. The van der Waals surface area contributed by atoms with Crippen LogP contribution in [0.25, 0.3) is 0 Å². The lowest BCUT2D eigenvalue weighted by molar-refractivity contribution is -0.383. The van der Waals surface area contributed by atoms with E-state index >= 15 is 0 Å². The fraction of sp³-hybridized carbons (Fsp3) is 0.200. The molecular formula is C20H21N5O3. The van der Waals surface area contributed by atoms with Crippen LogP contribution in [0.15, 0.2) is 48.8 Å². The third-order valence-corrected chi connectivity index (χ3v) is 4.21. The monoisotopic (exact) mass is 379 g/mol. The Balaban J connectivity index is 1.98. The average molecular weight is 379 g/mol. The van der Waals surface area contributed by atoms with E-state index in [9.17, 15) is 10.1 Å². The number of nitro groups is 1. The maximum atomic E-state index is 11.8. The summed E-state index contributed by atoms with van der Waals surface area (Å²) in [6.45, 7) is 6.33. The van der Waals surface area contributed by atoms with Crippen molar-refractivity contribution in [3.8, 4) is 5.75 Å². The first-order valence-corrected chi connectivity index (χ1v) is 8.82. The molecule has 0 fully saturated rings. The Morgan fingerprint density at radius 3 is 2.43 bits per heavy atom. The molecule has 0 atom stereocenters. The molecule has 0 amide bonds. The molecule has 0 aliphatic carbocycles. The summed E-state index contributed by atoms with van der Waals surface area (Å²) in [5.74, 6) is 0.778. The van der Waals surface area contributed by atoms with Gasteiger partial charge in [0, 0.05) is 5.69 Å². The summed E-state index contributed by atoms with van der Waals surface area (Å²) >= 11 is 0. The van der Waals surface area contributed by atoms with E-state index < -0.39 is 4.92 Å². The summed E-state index contributed by atoms with van der Waals surface area (Å²) in [5, 5.41) is 17.8. The number of ether oxygens (including phenoxy) is 1. The van der Waals surface area contributed by atoms with Crippen LogP contribution in [-0.2, 0) is 0 Å². The number of hydrogen-bond donors (Lipinski definition) is 2. The van der Waals surface area contributed by atoms with E-state index in [1.807, 2.05) is 51.1 Å². The minimum absolute atomic E-state index is 0.0819. The van der Waals surface area contributed by atoms with E-state index in [0.29, 0.717) is 23.7 Å². The lowest BCUT2D eigenvalue weighted by atomic mass is 10.1. The first-order chi connectivity index (χ1) is 13.5. The van der Waals surface area contributed by atoms with Crippen molar-refractivity contribution in [2.75, 3.05) is 17.2 Å². The molecule has 0 aliphatic heterocycles. The molecule has 0 aliphatic rings. The van der Waals surface area contributed by atoms with Crippen LogP contribution in [-0.4, -0.2) is 21.5 Å². The SMILES string of the molecule is CCOc1ccccc1Nc1ncnc(Nc2ccc(C)c(C)c2)c1[N+](=O)[O-]. The Morgan fingerprint density at radius 2 is 1.75 bits per heavy atom. The lowest BCUT2D eigenvalue weighted by Gasteiger charge is -2.13. The molecule has 2 N–H and O–H groups in total. The number of nitrogens with zero attached hydrogens (tertiary/aromatic N) is 3. The Bertz CT molecular complexity index is 1010. The van der Waals surface area contributed by atoms with Gasteiger partial charge in [-0.05, 0) is 56.2 Å². The van der Waals surface area contributed by atoms with E-state index in [2.05, 4.69) is 20.6 Å². The number of para-hydroxylation sites is 2. The number of hydrogen-bond acceptors (Lipinski definition) is 7. The van der Waals surface area contributed by atoms with Crippen molar-refractivity contribution in [1.82, 2.24) is 9.97 Å². The number of aryl methyl sites for hydroxylation is 2. The first kappa shape index (κ1) is 19.1. The Labute approximate surface area is 162 Å². The van der Waals surface area contributed by atoms with Crippen LogP contribution in [0.5, 0.6) is 5.75 Å². The first-order valence-electron chi connectivity index (χ1n) is 8.82. The minimum Gasteiger partial charge on any atom is -0.492 e. The van der Waals surface area contributed by atoms with E-state index in [4.69, 9.17) is 4.74 Å². The lowest BCUT2D eigenvalue weighted by Crippen LogP contribution is -2.06. The van der Waals surface area contributed by atoms with Gasteiger partial charge in [-0.25, -0.2) is 9.97 Å². The second-order valence-corrected chi connectivity index (χ2v) is 6.15. The smallest absolute Gasteiger partial charge is 0.353 e. The molecule has 1 aromatic heterocycles. The van der Waals surface area contributed by atoms with Gasteiger partial charge in [0.25, 0.3) is 0 Å². The van der Waals surface area contributed by atoms with Gasteiger partial charge in [-0.3, -0.25) is 10.1 Å². The maximum absolute atomic E-state index is 11.8. The highest BCUT2D eigenvalue weighted by atomic mass is 16.6. The number of aromatic nitrogens is 2. The standard InChI is InChI=1S/C20H21N5O3/c1-4-28-17-8-6-5-7-16(17)24-20-18(25(26)27)19(21-12-22-20)23-15-10-9-13(2)14(3)11-15/h5-12H,4H2,1-3H3,(H2,21,22,23,24). The minimum atomic E-state index is -0.505. The van der Waals surface area contributed by atoms with Crippen molar-refractivity contribution in [2.45, 2.75) is 20.8 Å². The molecule has 144 valence electrons. The van der Waals surface area contributed by atoms with Crippen molar-refractivity contribution >= 4 is 28.7 Å². The normalized spacial score (nSPS) is 10.4. The summed E-state index contributed by atoms with van der Waals surface area (Å²) in [5.41, 5.74) is 3.27. The van der Waals surface area contributed by atoms with Gasteiger partial charge in [0.1, 0.15) is 12.1 Å². The third-order valence-electron chi connectivity index (χ3n) is 4.21. The fourth-order valence-electron chi connectivity index (χ4n) is 2.67. The van der Waals surface area contributed by atoms with E-state index in [1.165, 1.54) is 6.33 Å². The predicted molar refractivity (Wildman–Crippen MR) is 109 cm³/mol. The summed E-state index contributed by atoms with van der Waals surface area (Å²) in [6, 6.07) is 12.9. The van der Waals surface area contributed by atoms with Crippen molar-refractivity contribution in [3.63, 3.8) is 0 Å². The Kier molecular flexibility index (Phi) is 5.69. The molecule has 0 bridgehead atoms. The molecule has 28 heavy (non-hydrogen) atoms. The summed E-state index contributed by atoms with van der Waals surface area (Å²) < 4.78 is 5.57. The van der Waals surface area contributed by atoms with Crippen molar-refractivity contribution < 1.29 is 9.66 Å². The number of anilines is 4. The van der Waals surface area contributed by atoms with Crippen LogP contribution in [0.4, 0.5) is 28.7 Å². The highest BCUT2D eigenvalue weighted by Gasteiger charge is 2.24. The summed E-state index contributed by atoms with van der Waals surface area (Å²) in [7, 11) is 0. The molecule has 2 aromatic carbocycles. The molecule has 0 saturated heterocycles. The topological polar surface area (TPSA) is 102 Å². The highest BCUT2D eigenvalue weighted by Crippen LogP contribution is 2.35. The van der Waals surface area contributed by atoms with Gasteiger partial charge in [-0.15, -0.1) is 0 Å². The molecule has 0 unspecified atom stereocenters. The van der Waals surface area contributed by atoms with Crippen LogP contribution < -0.4 is 15.4 Å². The van der Waals surface area contributed by atoms with Gasteiger partial charge in [0.05, 0.1) is 17.2 Å². The van der Waals surface area contributed by atoms with Crippen LogP contribution >= 0.6 is 0 Å². The van der Waals surface area contributed by atoms with Gasteiger partial charge >= 0.3 is 5.69 Å². The van der Waals surface area contributed by atoms with Gasteiger partial charge in [0.2, 0.25) is 11.6 Å². The average Bonchev–Trinajstić information content (AvgIpc) is 2.66. The molecule has 0 saturated carbocycles. The van der Waals surface area contributed by atoms with E-state index in [-0.39, 0.29) is 17.3 Å². The number of rotatable bonds is 7. The largest absolute Gasteiger partial charge is 0.492 e. The van der Waals surface area contributed by atoms with Gasteiger partial charge < -0.3 is 15.4 Å². The Hall–Kier alpha value is -3.68. The van der Waals surface area contributed by atoms with E-state index in [0.717, 1.165) is 11.1 Å². The van der Waals surface area contributed by atoms with Crippen LogP contribution in [0.2, 0.25) is 0 Å². The van der Waals surface area contributed by atoms with Gasteiger partial charge in [0.15, 0.2) is 0 Å². The fourth-order valence-corrected chi connectivity index (χ4v) is 2.67. The summed E-state index contributed by atoms with van der Waals surface area (Å²) in [4.78, 5) is 19.4. The molecule has 8 nitrogen and oxygen atoms in total. The predicted octanol–water partition coefficient (Wildman–Crippen LogP) is 4.89. The molecule has 1 heterocycles. The second kappa shape index (κ2) is 8.34. The van der Waals surface area contributed by atoms with Crippen LogP contribution in [0.1, 0.15) is 18.1 Å². The third kappa shape index (κ3) is 4.17. The van der Waals surface area contributed by atoms with Crippen molar-refractivity contribution in [1.29, 1.82) is 0 Å². The van der Waals surface area contributed by atoms with Crippen LogP contribution in [0.3, 0.4) is 0 Å². The second-order valence-electron chi connectivity index (χ2n) is 6.15. The molecule has 0 radical (unpaired) electrons. The molecule has 0 spiro atoms. The zero-order chi connectivity index (χ0) is 20.1. The number of nitrogens with one attached hydrogen (secondary N) is 2. The van der Waals surface area contributed by atoms with Gasteiger partial charge in [-0.1, -0.05) is 18.2 Å². The van der Waals surface area contributed by atoms with E-state index in [1.54, 1.807) is 12.1 Å². The van der Waals surface area contributed by atoms with Crippen molar-refractivity contribution in [2.24, 2.45) is 0 Å². The van der Waals surface area contributed by atoms with Crippen LogP contribution in [0, 0.1) is 24.0 Å². The Morgan fingerprint density at radius 1 is 1.04 bits per heavy atom. The zero-order valence-corrected chi connectivity index (χ0v) is 15.9. The molecule has 3 aromatic rings. The highest BCUT2D eigenvalue weighted by molar-refractivity contribution is 5.78. The maximum Gasteiger partial charge on any atom is 0.353 e. The molecule has 3 rings (SSSR count). The molecule has 8 heteroatoms. The zero-order valence-electron chi connectivity index (χ0n) is 15.9. The van der Waals surface area contributed by atoms with Gasteiger partial charge in [-0.2, -0.15) is 0 Å². The quantitative estimate of drug-likeness (QED) is 0.445. The molecular weight excluding hydrogens is 358 g/mol. The summed E-state index contributed by atoms with van der Waals surface area (Å²) in [6.07, 6.45) is 1.28.